The van der Waals surface area contributed by atoms with Crippen molar-refractivity contribution in [3.05, 3.63) is 36.4 Å². The van der Waals surface area contributed by atoms with Crippen LogP contribution in [0.15, 0.2) is 46.2 Å². The van der Waals surface area contributed by atoms with Crippen molar-refractivity contribution >= 4 is 33.4 Å². The third kappa shape index (κ3) is 2.14. The quantitative estimate of drug-likeness (QED) is 0.745. The number of rotatable bonds is 1. The van der Waals surface area contributed by atoms with Gasteiger partial charge >= 0.3 is 0 Å². The molecule has 2 N–H and O–H groups in total. The average Bonchev–Trinajstić information content (AvgIpc) is 2.15. The van der Waals surface area contributed by atoms with Crippen molar-refractivity contribution in [2.24, 2.45) is 5.14 Å². The predicted molar refractivity (Wildman–Crippen MR) is 62.6 cm³/mol. The molecular weight excluding hydrogens is 230 g/mol. The molecule has 0 radical (unpaired) electrons. The second-order valence-corrected chi connectivity index (χ2v) is 5.32. The first-order chi connectivity index (χ1) is 6.97. The fourth-order valence-electron chi connectivity index (χ4n) is 1.39. The van der Waals surface area contributed by atoms with Gasteiger partial charge in [-0.05, 0) is 35.0 Å². The van der Waals surface area contributed by atoms with E-state index in [1.165, 1.54) is 6.07 Å². The Morgan fingerprint density at radius 2 is 1.60 bits per heavy atom. The van der Waals surface area contributed by atoms with E-state index in [4.69, 9.17) is 5.14 Å². The minimum Gasteiger partial charge on any atom is -0.225 e. The molecule has 3 nitrogen and oxygen atoms in total. The summed E-state index contributed by atoms with van der Waals surface area (Å²) in [7, 11) is -3.62. The van der Waals surface area contributed by atoms with Crippen molar-refractivity contribution in [1.82, 2.24) is 0 Å². The summed E-state index contributed by atoms with van der Waals surface area (Å²) >= 11 is 4.20. The molecule has 0 heterocycles. The van der Waals surface area contributed by atoms with Gasteiger partial charge in [0, 0.05) is 4.90 Å². The summed E-state index contributed by atoms with van der Waals surface area (Å²) in [5.41, 5.74) is 0. The summed E-state index contributed by atoms with van der Waals surface area (Å²) in [5, 5.41) is 6.81. The Bertz CT molecular complexity index is 620. The molecule has 0 amide bonds. The first-order valence-electron chi connectivity index (χ1n) is 4.22. The van der Waals surface area contributed by atoms with E-state index in [0.29, 0.717) is 0 Å². The molecule has 0 saturated carbocycles. The molecule has 0 atom stereocenters. The van der Waals surface area contributed by atoms with Crippen LogP contribution in [0.3, 0.4) is 0 Å². The molecule has 0 saturated heterocycles. The van der Waals surface area contributed by atoms with Gasteiger partial charge in [0.15, 0.2) is 0 Å². The zero-order valence-electron chi connectivity index (χ0n) is 7.71. The average molecular weight is 239 g/mol. The van der Waals surface area contributed by atoms with Gasteiger partial charge in [-0.3, -0.25) is 0 Å². The fourth-order valence-corrected chi connectivity index (χ4v) is 2.15. The molecule has 0 fully saturated rings. The highest BCUT2D eigenvalue weighted by molar-refractivity contribution is 7.89. The first kappa shape index (κ1) is 10.5. The van der Waals surface area contributed by atoms with Crippen LogP contribution in [0.2, 0.25) is 0 Å². The summed E-state index contributed by atoms with van der Waals surface area (Å²) in [6.45, 7) is 0. The molecule has 2 rings (SSSR count). The van der Waals surface area contributed by atoms with Crippen molar-refractivity contribution in [3.8, 4) is 0 Å². The van der Waals surface area contributed by atoms with Crippen LogP contribution in [0, 0.1) is 0 Å². The summed E-state index contributed by atoms with van der Waals surface area (Å²) in [6.07, 6.45) is 0. The maximum atomic E-state index is 11.1. The van der Waals surface area contributed by atoms with Gasteiger partial charge in [-0.2, -0.15) is 0 Å². The smallest absolute Gasteiger partial charge is 0.225 e. The predicted octanol–water partition coefficient (Wildman–Crippen LogP) is 1.78. The highest BCUT2D eigenvalue weighted by atomic mass is 32.2. The molecular formula is C10H9NO2S2. The number of fused-ring (bicyclic) bond motifs is 1. The molecule has 0 unspecified atom stereocenters. The van der Waals surface area contributed by atoms with Gasteiger partial charge in [-0.1, -0.05) is 12.1 Å². The van der Waals surface area contributed by atoms with Crippen LogP contribution in [-0.4, -0.2) is 8.42 Å². The van der Waals surface area contributed by atoms with Gasteiger partial charge in [0.1, 0.15) is 0 Å². The van der Waals surface area contributed by atoms with E-state index >= 15 is 0 Å². The zero-order chi connectivity index (χ0) is 11.1. The third-order valence-corrected chi connectivity index (χ3v) is 3.31. The van der Waals surface area contributed by atoms with Crippen LogP contribution < -0.4 is 5.14 Å². The molecule has 78 valence electrons. The lowest BCUT2D eigenvalue weighted by Gasteiger charge is -2.02. The van der Waals surface area contributed by atoms with Crippen LogP contribution in [-0.2, 0) is 10.0 Å². The van der Waals surface area contributed by atoms with Gasteiger partial charge in [0.2, 0.25) is 10.0 Å². The van der Waals surface area contributed by atoms with Crippen molar-refractivity contribution in [2.75, 3.05) is 0 Å². The molecule has 0 spiro atoms. The van der Waals surface area contributed by atoms with Gasteiger partial charge in [0.25, 0.3) is 0 Å². The minimum absolute atomic E-state index is 0.127. The highest BCUT2D eigenvalue weighted by Gasteiger charge is 2.07. The number of sulfonamides is 1. The van der Waals surface area contributed by atoms with Crippen LogP contribution in [0.25, 0.3) is 10.8 Å². The normalized spacial score (nSPS) is 11.9. The number of hydrogen-bond acceptors (Lipinski definition) is 3. The Hall–Kier alpha value is -1.04. The lowest BCUT2D eigenvalue weighted by Crippen LogP contribution is -2.11. The second kappa shape index (κ2) is 3.52. The number of primary sulfonamides is 1. The topological polar surface area (TPSA) is 60.2 Å². The molecule has 5 heteroatoms. The zero-order valence-corrected chi connectivity index (χ0v) is 9.42. The molecule has 0 aliphatic rings. The van der Waals surface area contributed by atoms with E-state index < -0.39 is 10.0 Å². The largest absolute Gasteiger partial charge is 0.238 e. The third-order valence-electron chi connectivity index (χ3n) is 2.12. The summed E-state index contributed by atoms with van der Waals surface area (Å²) in [4.78, 5) is 0.966. The van der Waals surface area contributed by atoms with Crippen LogP contribution in [0.1, 0.15) is 0 Å². The maximum absolute atomic E-state index is 11.1. The minimum atomic E-state index is -3.62. The van der Waals surface area contributed by atoms with E-state index in [2.05, 4.69) is 12.6 Å². The lowest BCUT2D eigenvalue weighted by molar-refractivity contribution is 0.598. The summed E-state index contributed by atoms with van der Waals surface area (Å²) in [6, 6.07) is 10.2. The molecule has 2 aromatic carbocycles. The summed E-state index contributed by atoms with van der Waals surface area (Å²) < 4.78 is 22.2. The summed E-state index contributed by atoms with van der Waals surface area (Å²) in [5.74, 6) is 0. The van der Waals surface area contributed by atoms with Gasteiger partial charge < -0.3 is 0 Å². The SMILES string of the molecule is NS(=O)(=O)c1ccc2cc(S)ccc2c1. The monoisotopic (exact) mass is 239 g/mol. The van der Waals surface area contributed by atoms with Gasteiger partial charge in [0.05, 0.1) is 4.90 Å². The van der Waals surface area contributed by atoms with Crippen LogP contribution >= 0.6 is 12.6 Å². The first-order valence-corrected chi connectivity index (χ1v) is 6.22. The van der Waals surface area contributed by atoms with E-state index in [-0.39, 0.29) is 4.90 Å². The Kier molecular flexibility index (Phi) is 2.46. The Balaban J connectivity index is 2.73. The van der Waals surface area contributed by atoms with E-state index in [1.54, 1.807) is 18.2 Å². The number of benzene rings is 2. The molecule has 15 heavy (non-hydrogen) atoms. The lowest BCUT2D eigenvalue weighted by atomic mass is 10.1. The van der Waals surface area contributed by atoms with E-state index in [9.17, 15) is 8.42 Å². The number of thiol groups is 1. The Morgan fingerprint density at radius 3 is 2.27 bits per heavy atom. The molecule has 0 aliphatic carbocycles. The molecule has 2 aromatic rings. The van der Waals surface area contributed by atoms with Crippen molar-refractivity contribution in [1.29, 1.82) is 0 Å². The molecule has 0 aliphatic heterocycles. The van der Waals surface area contributed by atoms with Crippen LogP contribution in [0.4, 0.5) is 0 Å². The maximum Gasteiger partial charge on any atom is 0.238 e. The molecule has 0 aromatic heterocycles. The van der Waals surface area contributed by atoms with Crippen molar-refractivity contribution in [2.45, 2.75) is 9.79 Å². The Labute approximate surface area is 93.4 Å². The number of nitrogens with two attached hydrogens (primary N) is 1. The molecule has 0 bridgehead atoms. The van der Waals surface area contributed by atoms with Crippen LogP contribution in [0.5, 0.6) is 0 Å². The van der Waals surface area contributed by atoms with Crippen molar-refractivity contribution < 1.29 is 8.42 Å². The standard InChI is InChI=1S/C10H9NO2S2/c11-15(12,13)10-4-2-7-5-9(14)3-1-8(7)6-10/h1-6,14H,(H2,11,12,13). The Morgan fingerprint density at radius 1 is 1.00 bits per heavy atom. The van der Waals surface area contributed by atoms with Crippen molar-refractivity contribution in [3.63, 3.8) is 0 Å². The number of hydrogen-bond donors (Lipinski definition) is 2. The van der Waals surface area contributed by atoms with Gasteiger partial charge in [-0.15, -0.1) is 12.6 Å². The fraction of sp³-hybridized carbons (Fsp3) is 0. The highest BCUT2D eigenvalue weighted by Crippen LogP contribution is 2.21. The van der Waals surface area contributed by atoms with Gasteiger partial charge in [-0.25, -0.2) is 13.6 Å². The second-order valence-electron chi connectivity index (χ2n) is 3.24. The van der Waals surface area contributed by atoms with E-state index in [1.807, 2.05) is 12.1 Å². The van der Waals surface area contributed by atoms with E-state index in [0.717, 1.165) is 15.7 Å².